The molecule has 3 rings (SSSR count). The van der Waals surface area contributed by atoms with Crippen molar-refractivity contribution in [2.45, 2.75) is 55.6 Å². The van der Waals surface area contributed by atoms with E-state index in [1.165, 1.54) is 37.0 Å². The molecule has 1 aliphatic carbocycles. The van der Waals surface area contributed by atoms with Crippen LogP contribution in [0.5, 0.6) is 5.75 Å². The molecule has 1 aliphatic heterocycles. The van der Waals surface area contributed by atoms with Crippen LogP contribution in [0.2, 0.25) is 0 Å². The SMILES string of the molecule is NC(CC1CCCCC1)C1CSc2ccccc2O1. The Labute approximate surface area is 120 Å². The third-order valence-electron chi connectivity index (χ3n) is 4.34. The summed E-state index contributed by atoms with van der Waals surface area (Å²) in [5, 5.41) is 0. The molecule has 0 radical (unpaired) electrons. The van der Waals surface area contributed by atoms with Gasteiger partial charge in [0.05, 0.1) is 0 Å². The lowest BCUT2D eigenvalue weighted by molar-refractivity contribution is 0.162. The van der Waals surface area contributed by atoms with E-state index in [2.05, 4.69) is 18.2 Å². The summed E-state index contributed by atoms with van der Waals surface area (Å²) in [4.78, 5) is 1.25. The fourth-order valence-corrected chi connectivity index (χ4v) is 4.30. The Bertz CT molecular complexity index is 417. The molecule has 0 aromatic heterocycles. The van der Waals surface area contributed by atoms with Gasteiger partial charge in [-0.05, 0) is 24.5 Å². The van der Waals surface area contributed by atoms with Gasteiger partial charge in [-0.2, -0.15) is 0 Å². The molecule has 1 aromatic carbocycles. The number of hydrogen-bond donors (Lipinski definition) is 1. The van der Waals surface area contributed by atoms with E-state index in [4.69, 9.17) is 10.5 Å². The van der Waals surface area contributed by atoms with E-state index in [1.807, 2.05) is 17.8 Å². The molecule has 1 heterocycles. The first-order valence-corrected chi connectivity index (χ1v) is 8.45. The first-order valence-electron chi connectivity index (χ1n) is 7.47. The predicted molar refractivity (Wildman–Crippen MR) is 80.7 cm³/mol. The van der Waals surface area contributed by atoms with Crippen molar-refractivity contribution in [1.82, 2.24) is 0 Å². The van der Waals surface area contributed by atoms with Crippen LogP contribution in [0, 0.1) is 5.92 Å². The van der Waals surface area contributed by atoms with Crippen molar-refractivity contribution in [2.75, 3.05) is 5.75 Å². The molecule has 3 heteroatoms. The molecule has 0 spiro atoms. The van der Waals surface area contributed by atoms with Gasteiger partial charge in [-0.25, -0.2) is 0 Å². The smallest absolute Gasteiger partial charge is 0.133 e. The summed E-state index contributed by atoms with van der Waals surface area (Å²) < 4.78 is 6.09. The number of hydrogen-bond acceptors (Lipinski definition) is 3. The van der Waals surface area contributed by atoms with Crippen LogP contribution in [0.4, 0.5) is 0 Å². The van der Waals surface area contributed by atoms with Crippen LogP contribution in [0.25, 0.3) is 0 Å². The molecule has 2 unspecified atom stereocenters. The van der Waals surface area contributed by atoms with E-state index in [1.54, 1.807) is 0 Å². The third kappa shape index (κ3) is 3.26. The van der Waals surface area contributed by atoms with Crippen LogP contribution < -0.4 is 10.5 Å². The van der Waals surface area contributed by atoms with Crippen LogP contribution in [0.1, 0.15) is 38.5 Å². The van der Waals surface area contributed by atoms with Crippen molar-refractivity contribution in [1.29, 1.82) is 0 Å². The zero-order valence-corrected chi connectivity index (χ0v) is 12.2. The van der Waals surface area contributed by atoms with Gasteiger partial charge in [0.1, 0.15) is 11.9 Å². The van der Waals surface area contributed by atoms with E-state index in [0.717, 1.165) is 23.8 Å². The van der Waals surface area contributed by atoms with Crippen molar-refractivity contribution >= 4 is 11.8 Å². The molecular weight excluding hydrogens is 254 g/mol. The summed E-state index contributed by atoms with van der Waals surface area (Å²) >= 11 is 1.88. The van der Waals surface area contributed by atoms with Gasteiger partial charge in [-0.15, -0.1) is 11.8 Å². The number of benzene rings is 1. The van der Waals surface area contributed by atoms with Crippen molar-refractivity contribution in [3.63, 3.8) is 0 Å². The van der Waals surface area contributed by atoms with Gasteiger partial charge < -0.3 is 10.5 Å². The topological polar surface area (TPSA) is 35.2 Å². The van der Waals surface area contributed by atoms with Crippen LogP contribution in [0.3, 0.4) is 0 Å². The van der Waals surface area contributed by atoms with E-state index in [-0.39, 0.29) is 12.1 Å². The highest BCUT2D eigenvalue weighted by Crippen LogP contribution is 2.37. The van der Waals surface area contributed by atoms with Crippen molar-refractivity contribution in [3.05, 3.63) is 24.3 Å². The highest BCUT2D eigenvalue weighted by atomic mass is 32.2. The quantitative estimate of drug-likeness (QED) is 0.911. The minimum absolute atomic E-state index is 0.182. The highest BCUT2D eigenvalue weighted by Gasteiger charge is 2.28. The Morgan fingerprint density at radius 2 is 2.00 bits per heavy atom. The molecule has 1 fully saturated rings. The standard InChI is InChI=1S/C16H23NOS/c17-13(10-12-6-2-1-3-7-12)15-11-19-16-9-5-4-8-14(16)18-15/h4-5,8-9,12-13,15H,1-3,6-7,10-11,17H2. The molecule has 0 saturated heterocycles. The average molecular weight is 277 g/mol. The van der Waals surface area contributed by atoms with Gasteiger partial charge in [0.25, 0.3) is 0 Å². The lowest BCUT2D eigenvalue weighted by atomic mass is 9.84. The lowest BCUT2D eigenvalue weighted by Crippen LogP contribution is -2.43. The molecule has 2 N–H and O–H groups in total. The second-order valence-corrected chi connectivity index (χ2v) is 6.88. The fraction of sp³-hybridized carbons (Fsp3) is 0.625. The zero-order chi connectivity index (χ0) is 13.1. The second-order valence-electron chi connectivity index (χ2n) is 5.82. The molecule has 0 amide bonds. The summed E-state index contributed by atoms with van der Waals surface area (Å²) in [6.45, 7) is 0. The van der Waals surface area contributed by atoms with Crippen LogP contribution in [-0.4, -0.2) is 17.9 Å². The molecule has 1 aromatic rings. The summed E-state index contributed by atoms with van der Waals surface area (Å²) in [6.07, 6.45) is 8.24. The maximum Gasteiger partial charge on any atom is 0.133 e. The summed E-state index contributed by atoms with van der Waals surface area (Å²) in [6, 6.07) is 8.47. The van der Waals surface area contributed by atoms with Gasteiger partial charge in [0.15, 0.2) is 0 Å². The summed E-state index contributed by atoms with van der Waals surface area (Å²) in [5.41, 5.74) is 6.40. The Morgan fingerprint density at radius 3 is 2.84 bits per heavy atom. The zero-order valence-electron chi connectivity index (χ0n) is 11.4. The monoisotopic (exact) mass is 277 g/mol. The number of ether oxygens (including phenoxy) is 1. The van der Waals surface area contributed by atoms with Gasteiger partial charge in [0.2, 0.25) is 0 Å². The van der Waals surface area contributed by atoms with Crippen molar-refractivity contribution in [3.8, 4) is 5.75 Å². The minimum Gasteiger partial charge on any atom is -0.487 e. The van der Waals surface area contributed by atoms with E-state index in [9.17, 15) is 0 Å². The van der Waals surface area contributed by atoms with Gasteiger partial charge >= 0.3 is 0 Å². The number of fused-ring (bicyclic) bond motifs is 1. The maximum atomic E-state index is 6.40. The third-order valence-corrected chi connectivity index (χ3v) is 5.48. The number of nitrogens with two attached hydrogens (primary N) is 1. The Kier molecular flexibility index (Phi) is 4.34. The molecule has 0 bridgehead atoms. The molecule has 104 valence electrons. The first kappa shape index (κ1) is 13.3. The summed E-state index contributed by atoms with van der Waals surface area (Å²) in [5.74, 6) is 2.84. The second kappa shape index (κ2) is 6.19. The largest absolute Gasteiger partial charge is 0.487 e. The lowest BCUT2D eigenvalue weighted by Gasteiger charge is -2.32. The Hall–Kier alpha value is -0.670. The van der Waals surface area contributed by atoms with E-state index in [0.29, 0.717) is 0 Å². The van der Waals surface area contributed by atoms with Gasteiger partial charge in [-0.3, -0.25) is 0 Å². The molecule has 19 heavy (non-hydrogen) atoms. The summed E-state index contributed by atoms with van der Waals surface area (Å²) in [7, 11) is 0. The highest BCUT2D eigenvalue weighted by molar-refractivity contribution is 7.99. The van der Waals surface area contributed by atoms with Crippen LogP contribution in [0.15, 0.2) is 29.2 Å². The molecule has 1 saturated carbocycles. The number of rotatable bonds is 3. The predicted octanol–water partition coefficient (Wildman–Crippen LogP) is 3.84. The fourth-order valence-electron chi connectivity index (χ4n) is 3.21. The van der Waals surface area contributed by atoms with Crippen molar-refractivity contribution < 1.29 is 4.74 Å². The van der Waals surface area contributed by atoms with Crippen molar-refractivity contribution in [2.24, 2.45) is 11.7 Å². The Morgan fingerprint density at radius 1 is 1.21 bits per heavy atom. The Balaban J connectivity index is 1.58. The molecular formula is C16H23NOS. The van der Waals surface area contributed by atoms with Crippen LogP contribution in [-0.2, 0) is 0 Å². The van der Waals surface area contributed by atoms with E-state index < -0.39 is 0 Å². The average Bonchev–Trinajstić information content (AvgIpc) is 2.48. The molecule has 2 atom stereocenters. The first-order chi connectivity index (χ1) is 9.33. The van der Waals surface area contributed by atoms with Gasteiger partial charge in [-0.1, -0.05) is 44.2 Å². The maximum absolute atomic E-state index is 6.40. The molecule has 2 aliphatic rings. The van der Waals surface area contributed by atoms with E-state index >= 15 is 0 Å². The van der Waals surface area contributed by atoms with Gasteiger partial charge in [0, 0.05) is 16.7 Å². The number of para-hydroxylation sites is 1. The number of thioether (sulfide) groups is 1. The molecule has 2 nitrogen and oxygen atoms in total. The minimum atomic E-state index is 0.182. The normalized spacial score (nSPS) is 25.4. The van der Waals surface area contributed by atoms with Crippen LogP contribution >= 0.6 is 11.8 Å².